The number of aromatic nitrogens is 5. The van der Waals surface area contributed by atoms with E-state index in [9.17, 15) is 9.59 Å². The molecular formula is C26H26N6O3. The van der Waals surface area contributed by atoms with Gasteiger partial charge in [-0.1, -0.05) is 49.3 Å². The van der Waals surface area contributed by atoms with Crippen LogP contribution in [-0.4, -0.2) is 30.2 Å². The molecule has 0 bridgehead atoms. The number of aryl methyl sites for hydroxylation is 2. The molecule has 5 aromatic rings. The van der Waals surface area contributed by atoms with Crippen LogP contribution < -0.4 is 10.9 Å². The molecule has 3 heterocycles. The fraction of sp³-hybridized carbons (Fsp3) is 0.269. The minimum Gasteiger partial charge on any atom is -0.337 e. The quantitative estimate of drug-likeness (QED) is 0.368. The van der Waals surface area contributed by atoms with Gasteiger partial charge >= 0.3 is 0 Å². The molecule has 0 saturated heterocycles. The fourth-order valence-electron chi connectivity index (χ4n) is 4.26. The number of carbonyl (C=O) groups is 1. The van der Waals surface area contributed by atoms with Gasteiger partial charge in [-0.25, -0.2) is 4.98 Å². The summed E-state index contributed by atoms with van der Waals surface area (Å²) in [6.07, 6.45) is 3.97. The highest BCUT2D eigenvalue weighted by molar-refractivity contribution is 6.06. The van der Waals surface area contributed by atoms with E-state index in [2.05, 4.69) is 27.4 Å². The monoisotopic (exact) mass is 470 g/mol. The third kappa shape index (κ3) is 4.44. The van der Waals surface area contributed by atoms with Crippen LogP contribution in [0.1, 0.15) is 37.5 Å². The summed E-state index contributed by atoms with van der Waals surface area (Å²) >= 11 is 0. The van der Waals surface area contributed by atoms with Crippen molar-refractivity contribution in [2.45, 2.75) is 46.2 Å². The predicted octanol–water partition coefficient (Wildman–Crippen LogP) is 3.94. The van der Waals surface area contributed by atoms with E-state index in [-0.39, 0.29) is 24.6 Å². The van der Waals surface area contributed by atoms with E-state index in [4.69, 9.17) is 4.52 Å². The van der Waals surface area contributed by atoms with Crippen LogP contribution in [0.25, 0.3) is 21.9 Å². The Bertz CT molecular complexity index is 1580. The highest BCUT2D eigenvalue weighted by Gasteiger charge is 2.19. The van der Waals surface area contributed by atoms with Crippen molar-refractivity contribution in [3.8, 4) is 0 Å². The first-order valence-corrected chi connectivity index (χ1v) is 11.7. The lowest BCUT2D eigenvalue weighted by atomic mass is 10.1. The number of anilines is 1. The van der Waals surface area contributed by atoms with Crippen LogP contribution in [0.15, 0.2) is 64.2 Å². The Labute approximate surface area is 201 Å². The van der Waals surface area contributed by atoms with Gasteiger partial charge in [0, 0.05) is 17.5 Å². The Hall–Kier alpha value is -4.27. The Morgan fingerprint density at radius 2 is 1.97 bits per heavy atom. The van der Waals surface area contributed by atoms with Gasteiger partial charge in [-0.05, 0) is 36.6 Å². The Morgan fingerprint density at radius 1 is 1.11 bits per heavy atom. The van der Waals surface area contributed by atoms with E-state index in [1.165, 1.54) is 10.9 Å². The average molecular weight is 471 g/mol. The van der Waals surface area contributed by atoms with Crippen LogP contribution in [-0.2, 0) is 30.7 Å². The number of para-hydroxylation sites is 1. The third-order valence-electron chi connectivity index (χ3n) is 5.94. The van der Waals surface area contributed by atoms with Crippen molar-refractivity contribution >= 4 is 33.5 Å². The van der Waals surface area contributed by atoms with Gasteiger partial charge in [-0.3, -0.25) is 14.2 Å². The molecule has 2 aromatic carbocycles. The second-order valence-electron chi connectivity index (χ2n) is 8.43. The first-order valence-electron chi connectivity index (χ1n) is 11.7. The van der Waals surface area contributed by atoms with Gasteiger partial charge in [0.25, 0.3) is 5.56 Å². The normalized spacial score (nSPS) is 11.4. The molecule has 0 saturated carbocycles. The van der Waals surface area contributed by atoms with Crippen molar-refractivity contribution in [2.24, 2.45) is 0 Å². The van der Waals surface area contributed by atoms with Crippen molar-refractivity contribution in [2.75, 3.05) is 5.32 Å². The molecule has 0 aliphatic carbocycles. The maximum absolute atomic E-state index is 13.6. The summed E-state index contributed by atoms with van der Waals surface area (Å²) in [5, 5.41) is 7.72. The number of fused-ring (bicyclic) bond motifs is 3. The SMILES string of the molecule is CCCc1noc(Cn2cnc3c4ccccc4n(CC(=O)Nc4cccc(CC)c4)c3c2=O)n1. The molecule has 5 rings (SSSR count). The topological polar surface area (TPSA) is 108 Å². The van der Waals surface area contributed by atoms with Crippen LogP contribution in [0.5, 0.6) is 0 Å². The van der Waals surface area contributed by atoms with E-state index >= 15 is 0 Å². The number of hydrogen-bond acceptors (Lipinski definition) is 6. The average Bonchev–Trinajstić information content (AvgIpc) is 3.44. The summed E-state index contributed by atoms with van der Waals surface area (Å²) < 4.78 is 8.47. The Kier molecular flexibility index (Phi) is 6.13. The van der Waals surface area contributed by atoms with Crippen molar-refractivity contribution in [1.82, 2.24) is 24.3 Å². The molecule has 0 fully saturated rings. The molecule has 3 aromatic heterocycles. The smallest absolute Gasteiger partial charge is 0.278 e. The lowest BCUT2D eigenvalue weighted by Gasteiger charge is -2.10. The molecular weight excluding hydrogens is 444 g/mol. The number of nitrogens with one attached hydrogen (secondary N) is 1. The van der Waals surface area contributed by atoms with Crippen LogP contribution in [0.2, 0.25) is 0 Å². The first-order chi connectivity index (χ1) is 17.1. The zero-order chi connectivity index (χ0) is 24.4. The number of carbonyl (C=O) groups excluding carboxylic acids is 1. The Balaban J connectivity index is 1.52. The zero-order valence-electron chi connectivity index (χ0n) is 19.7. The number of amides is 1. The second-order valence-corrected chi connectivity index (χ2v) is 8.43. The standard InChI is InChI=1S/C26H26N6O3/c1-3-8-21-29-23(35-30-21)15-31-16-27-24-19-11-5-6-12-20(19)32(25(24)26(31)34)14-22(33)28-18-10-7-9-17(4-2)13-18/h5-7,9-13,16H,3-4,8,14-15H2,1-2H3,(H,28,33). The summed E-state index contributed by atoms with van der Waals surface area (Å²) in [5.41, 5.74) is 3.27. The number of benzene rings is 2. The molecule has 1 N–H and O–H groups in total. The molecule has 0 unspecified atom stereocenters. The fourth-order valence-corrected chi connectivity index (χ4v) is 4.26. The molecule has 178 valence electrons. The number of hydrogen-bond donors (Lipinski definition) is 1. The van der Waals surface area contributed by atoms with Crippen LogP contribution in [0.4, 0.5) is 5.69 Å². The van der Waals surface area contributed by atoms with E-state index in [1.54, 1.807) is 4.57 Å². The molecule has 9 heteroatoms. The van der Waals surface area contributed by atoms with Gasteiger partial charge < -0.3 is 14.4 Å². The lowest BCUT2D eigenvalue weighted by molar-refractivity contribution is -0.116. The third-order valence-corrected chi connectivity index (χ3v) is 5.94. The summed E-state index contributed by atoms with van der Waals surface area (Å²) in [7, 11) is 0. The van der Waals surface area contributed by atoms with Crippen LogP contribution >= 0.6 is 0 Å². The molecule has 1 amide bonds. The van der Waals surface area contributed by atoms with Gasteiger partial charge in [-0.2, -0.15) is 4.98 Å². The zero-order valence-corrected chi connectivity index (χ0v) is 19.7. The first kappa shape index (κ1) is 22.5. The molecule has 9 nitrogen and oxygen atoms in total. The molecule has 35 heavy (non-hydrogen) atoms. The number of nitrogens with zero attached hydrogens (tertiary/aromatic N) is 5. The summed E-state index contributed by atoms with van der Waals surface area (Å²) in [6, 6.07) is 15.3. The summed E-state index contributed by atoms with van der Waals surface area (Å²) in [6.45, 7) is 4.18. The van der Waals surface area contributed by atoms with Gasteiger partial charge in [0.05, 0.1) is 11.8 Å². The van der Waals surface area contributed by atoms with Gasteiger partial charge in [0.15, 0.2) is 5.82 Å². The summed E-state index contributed by atoms with van der Waals surface area (Å²) in [5.74, 6) is 0.729. The van der Waals surface area contributed by atoms with Crippen molar-refractivity contribution in [1.29, 1.82) is 0 Å². The van der Waals surface area contributed by atoms with Gasteiger partial charge in [0.2, 0.25) is 11.8 Å². The second kappa shape index (κ2) is 9.54. The van der Waals surface area contributed by atoms with E-state index in [1.807, 2.05) is 55.5 Å². The summed E-state index contributed by atoms with van der Waals surface area (Å²) in [4.78, 5) is 35.5. The maximum atomic E-state index is 13.6. The van der Waals surface area contributed by atoms with E-state index in [0.717, 1.165) is 35.0 Å². The molecule has 0 aliphatic heterocycles. The maximum Gasteiger partial charge on any atom is 0.278 e. The van der Waals surface area contributed by atoms with Crippen molar-refractivity contribution < 1.29 is 9.32 Å². The van der Waals surface area contributed by atoms with Gasteiger partial charge in [0.1, 0.15) is 24.1 Å². The van der Waals surface area contributed by atoms with Gasteiger partial charge in [-0.15, -0.1) is 0 Å². The van der Waals surface area contributed by atoms with E-state index in [0.29, 0.717) is 29.2 Å². The number of rotatable bonds is 8. The molecule has 0 radical (unpaired) electrons. The van der Waals surface area contributed by atoms with Crippen molar-refractivity contribution in [3.05, 3.63) is 82.5 Å². The highest BCUT2D eigenvalue weighted by atomic mass is 16.5. The minimum absolute atomic E-state index is 0.0253. The highest BCUT2D eigenvalue weighted by Crippen LogP contribution is 2.25. The van der Waals surface area contributed by atoms with Crippen LogP contribution in [0.3, 0.4) is 0 Å². The van der Waals surface area contributed by atoms with E-state index < -0.39 is 0 Å². The molecule has 0 aliphatic rings. The lowest BCUT2D eigenvalue weighted by Crippen LogP contribution is -2.25. The predicted molar refractivity (Wildman–Crippen MR) is 133 cm³/mol. The molecule has 0 spiro atoms. The Morgan fingerprint density at radius 3 is 2.80 bits per heavy atom. The largest absolute Gasteiger partial charge is 0.337 e. The minimum atomic E-state index is -0.276. The molecule has 0 atom stereocenters. The van der Waals surface area contributed by atoms with Crippen molar-refractivity contribution in [3.63, 3.8) is 0 Å². The van der Waals surface area contributed by atoms with Crippen LogP contribution in [0, 0.1) is 0 Å².